The number of aromatic nitrogens is 2. The number of aliphatic hydroxyl groups is 2. The summed E-state index contributed by atoms with van der Waals surface area (Å²) in [5, 5.41) is 17.7. The molecule has 0 saturated heterocycles. The summed E-state index contributed by atoms with van der Waals surface area (Å²) in [4.78, 5) is 40.5. The van der Waals surface area contributed by atoms with Gasteiger partial charge in [-0.1, -0.05) is 0 Å². The maximum absolute atomic E-state index is 11.9. The lowest BCUT2D eigenvalue weighted by atomic mass is 10.1. The van der Waals surface area contributed by atoms with Crippen molar-refractivity contribution in [1.82, 2.24) is 14.9 Å². The number of amides is 1. The fourth-order valence-electron chi connectivity index (χ4n) is 1.92. The summed E-state index contributed by atoms with van der Waals surface area (Å²) in [6.07, 6.45) is 0.250. The van der Waals surface area contributed by atoms with Crippen LogP contribution in [0.1, 0.15) is 17.7 Å². The minimum atomic E-state index is -0.579. The van der Waals surface area contributed by atoms with Gasteiger partial charge in [-0.15, -0.1) is 0 Å². The number of carbonyl (C=O) groups is 1. The smallest absolute Gasteiger partial charge is 0.325 e. The molecule has 1 aromatic rings. The van der Waals surface area contributed by atoms with Crippen LogP contribution in [-0.4, -0.2) is 57.3 Å². The van der Waals surface area contributed by atoms with Gasteiger partial charge in [-0.25, -0.2) is 4.79 Å². The van der Waals surface area contributed by atoms with Gasteiger partial charge in [0.05, 0.1) is 13.2 Å². The number of aryl methyl sites for hydroxylation is 1. The highest BCUT2D eigenvalue weighted by Gasteiger charge is 2.14. The van der Waals surface area contributed by atoms with E-state index in [0.717, 1.165) is 0 Å². The van der Waals surface area contributed by atoms with Crippen molar-refractivity contribution < 1.29 is 15.0 Å². The number of aliphatic hydroxyl groups excluding tert-OH is 2. The maximum atomic E-state index is 11.9. The van der Waals surface area contributed by atoms with Gasteiger partial charge in [0, 0.05) is 30.8 Å². The van der Waals surface area contributed by atoms with Gasteiger partial charge in [-0.3, -0.25) is 14.6 Å². The van der Waals surface area contributed by atoms with Crippen LogP contribution in [0, 0.1) is 6.92 Å². The SMILES string of the molecule is Cc1[nH]c(=O)[nH]c(=O)c1CCC(=O)N(CCO)CCO. The molecule has 0 atom stereocenters. The molecule has 0 unspecified atom stereocenters. The van der Waals surface area contributed by atoms with E-state index in [9.17, 15) is 14.4 Å². The third-order valence-electron chi connectivity index (χ3n) is 2.94. The van der Waals surface area contributed by atoms with Crippen LogP contribution in [0.3, 0.4) is 0 Å². The van der Waals surface area contributed by atoms with E-state index >= 15 is 0 Å². The van der Waals surface area contributed by atoms with Crippen molar-refractivity contribution >= 4 is 5.91 Å². The average Bonchev–Trinajstić information content (AvgIpc) is 2.37. The third kappa shape index (κ3) is 4.32. The van der Waals surface area contributed by atoms with E-state index < -0.39 is 11.2 Å². The highest BCUT2D eigenvalue weighted by Crippen LogP contribution is 2.03. The first kappa shape index (κ1) is 16.1. The van der Waals surface area contributed by atoms with Crippen LogP contribution in [0.15, 0.2) is 9.59 Å². The Balaban J connectivity index is 2.73. The van der Waals surface area contributed by atoms with E-state index in [1.165, 1.54) is 4.90 Å². The number of H-pyrrole nitrogens is 2. The van der Waals surface area contributed by atoms with E-state index in [-0.39, 0.29) is 45.1 Å². The van der Waals surface area contributed by atoms with Gasteiger partial charge in [0.25, 0.3) is 5.56 Å². The molecular formula is C12H19N3O5. The van der Waals surface area contributed by atoms with E-state index in [1.807, 2.05) is 0 Å². The van der Waals surface area contributed by atoms with Crippen LogP contribution in [0.25, 0.3) is 0 Å². The Hall–Kier alpha value is -1.93. The van der Waals surface area contributed by atoms with Crippen LogP contribution in [0.5, 0.6) is 0 Å². The molecular weight excluding hydrogens is 266 g/mol. The lowest BCUT2D eigenvalue weighted by molar-refractivity contribution is -0.132. The third-order valence-corrected chi connectivity index (χ3v) is 2.94. The second kappa shape index (κ2) is 7.61. The molecule has 0 spiro atoms. The van der Waals surface area contributed by atoms with E-state index in [0.29, 0.717) is 11.3 Å². The lowest BCUT2D eigenvalue weighted by Crippen LogP contribution is -2.36. The second-order valence-corrected chi connectivity index (χ2v) is 4.34. The molecule has 1 amide bonds. The summed E-state index contributed by atoms with van der Waals surface area (Å²) in [6.45, 7) is 1.49. The highest BCUT2D eigenvalue weighted by molar-refractivity contribution is 5.76. The molecule has 20 heavy (non-hydrogen) atoms. The van der Waals surface area contributed by atoms with Crippen LogP contribution in [0.2, 0.25) is 0 Å². The molecule has 0 bridgehead atoms. The molecule has 0 aliphatic rings. The molecule has 0 aliphatic carbocycles. The molecule has 1 rings (SSSR count). The Kier molecular flexibility index (Phi) is 6.13. The number of nitrogens with one attached hydrogen (secondary N) is 2. The molecule has 0 aromatic carbocycles. The minimum absolute atomic E-state index is 0.0654. The summed E-state index contributed by atoms with van der Waals surface area (Å²) in [5.74, 6) is -0.266. The summed E-state index contributed by atoms with van der Waals surface area (Å²) >= 11 is 0. The normalized spacial score (nSPS) is 10.6. The topological polar surface area (TPSA) is 126 Å². The molecule has 8 heteroatoms. The fourth-order valence-corrected chi connectivity index (χ4v) is 1.92. The van der Waals surface area contributed by atoms with Crippen molar-refractivity contribution in [3.05, 3.63) is 32.1 Å². The molecule has 0 radical (unpaired) electrons. The zero-order valence-corrected chi connectivity index (χ0v) is 11.3. The number of rotatable bonds is 7. The largest absolute Gasteiger partial charge is 0.395 e. The van der Waals surface area contributed by atoms with Gasteiger partial charge < -0.3 is 20.1 Å². The Morgan fingerprint density at radius 1 is 1.15 bits per heavy atom. The van der Waals surface area contributed by atoms with E-state index in [2.05, 4.69) is 9.97 Å². The van der Waals surface area contributed by atoms with Crippen molar-refractivity contribution in [3.8, 4) is 0 Å². The zero-order chi connectivity index (χ0) is 15.1. The monoisotopic (exact) mass is 285 g/mol. The van der Waals surface area contributed by atoms with Crippen molar-refractivity contribution in [2.24, 2.45) is 0 Å². The van der Waals surface area contributed by atoms with Gasteiger partial charge in [0.15, 0.2) is 0 Å². The summed E-state index contributed by atoms with van der Waals surface area (Å²) in [5.41, 5.74) is -0.298. The van der Waals surface area contributed by atoms with Crippen LogP contribution in [0.4, 0.5) is 0 Å². The Morgan fingerprint density at radius 2 is 1.75 bits per heavy atom. The molecule has 1 aromatic heterocycles. The van der Waals surface area contributed by atoms with Crippen molar-refractivity contribution in [2.45, 2.75) is 19.8 Å². The van der Waals surface area contributed by atoms with Crippen molar-refractivity contribution in [3.63, 3.8) is 0 Å². The van der Waals surface area contributed by atoms with Gasteiger partial charge in [-0.05, 0) is 13.3 Å². The van der Waals surface area contributed by atoms with Gasteiger partial charge >= 0.3 is 5.69 Å². The Bertz CT molecular complexity index is 557. The Labute approximate surface area is 115 Å². The van der Waals surface area contributed by atoms with Crippen LogP contribution >= 0.6 is 0 Å². The van der Waals surface area contributed by atoms with E-state index in [4.69, 9.17) is 10.2 Å². The van der Waals surface area contributed by atoms with Crippen LogP contribution in [-0.2, 0) is 11.2 Å². The zero-order valence-electron chi connectivity index (χ0n) is 11.3. The molecule has 0 fully saturated rings. The first-order valence-electron chi connectivity index (χ1n) is 6.31. The molecule has 8 nitrogen and oxygen atoms in total. The fraction of sp³-hybridized carbons (Fsp3) is 0.583. The number of aromatic amines is 2. The Morgan fingerprint density at radius 3 is 2.25 bits per heavy atom. The van der Waals surface area contributed by atoms with Gasteiger partial charge in [0.1, 0.15) is 0 Å². The number of hydrogen-bond acceptors (Lipinski definition) is 5. The highest BCUT2D eigenvalue weighted by atomic mass is 16.3. The first-order valence-corrected chi connectivity index (χ1v) is 6.31. The molecule has 0 saturated carbocycles. The van der Waals surface area contributed by atoms with Gasteiger partial charge in [0.2, 0.25) is 5.91 Å². The minimum Gasteiger partial charge on any atom is -0.395 e. The van der Waals surface area contributed by atoms with Crippen molar-refractivity contribution in [1.29, 1.82) is 0 Å². The maximum Gasteiger partial charge on any atom is 0.325 e. The summed E-state index contributed by atoms with van der Waals surface area (Å²) in [7, 11) is 0. The van der Waals surface area contributed by atoms with Crippen LogP contribution < -0.4 is 11.2 Å². The summed E-state index contributed by atoms with van der Waals surface area (Å²) < 4.78 is 0. The number of hydrogen-bond donors (Lipinski definition) is 4. The predicted octanol–water partition coefficient (Wildman–Crippen LogP) is -1.88. The number of nitrogens with zero attached hydrogens (tertiary/aromatic N) is 1. The molecule has 0 aliphatic heterocycles. The summed E-state index contributed by atoms with van der Waals surface area (Å²) in [6, 6.07) is 0. The van der Waals surface area contributed by atoms with E-state index in [1.54, 1.807) is 6.92 Å². The molecule has 4 N–H and O–H groups in total. The quantitative estimate of drug-likeness (QED) is 0.466. The standard InChI is InChI=1S/C12H19N3O5/c1-8-9(11(19)14-12(20)13-8)2-3-10(18)15(4-6-16)5-7-17/h16-17H,2-7H2,1H3,(H2,13,14,19,20). The second-order valence-electron chi connectivity index (χ2n) is 4.34. The lowest BCUT2D eigenvalue weighted by Gasteiger charge is -2.20. The molecule has 112 valence electrons. The van der Waals surface area contributed by atoms with Crippen molar-refractivity contribution in [2.75, 3.05) is 26.3 Å². The average molecular weight is 285 g/mol. The first-order chi connectivity index (χ1) is 9.49. The molecule has 1 heterocycles. The predicted molar refractivity (Wildman–Crippen MR) is 71.5 cm³/mol. The number of carbonyl (C=O) groups excluding carboxylic acids is 1. The van der Waals surface area contributed by atoms with Gasteiger partial charge in [-0.2, -0.15) is 0 Å².